The Kier molecular flexibility index (Phi) is 7.78. The molecule has 1 heterocycles. The first-order valence-electron chi connectivity index (χ1n) is 10.8. The van der Waals surface area contributed by atoms with Crippen molar-refractivity contribution in [2.75, 3.05) is 6.61 Å². The number of hydrogen-bond acceptors (Lipinski definition) is 5. The van der Waals surface area contributed by atoms with Crippen molar-refractivity contribution in [2.24, 2.45) is 0 Å². The van der Waals surface area contributed by atoms with Gasteiger partial charge in [0, 0.05) is 5.56 Å². The molecule has 0 spiro atoms. The minimum atomic E-state index is -0.640. The number of hydroxylamine groups is 2. The van der Waals surface area contributed by atoms with E-state index in [0.717, 1.165) is 28.9 Å². The number of ether oxygens (including phenoxy) is 1. The lowest BCUT2D eigenvalue weighted by Crippen LogP contribution is -2.48. The van der Waals surface area contributed by atoms with Crippen LogP contribution in [0.5, 0.6) is 0 Å². The van der Waals surface area contributed by atoms with Gasteiger partial charge in [-0.2, -0.15) is 5.06 Å². The Morgan fingerprint density at radius 2 is 1.81 bits per heavy atom. The van der Waals surface area contributed by atoms with Crippen LogP contribution in [0.4, 0.5) is 4.79 Å². The molecular weight excluding hydrogens is 408 g/mol. The van der Waals surface area contributed by atoms with Crippen molar-refractivity contribution in [3.63, 3.8) is 0 Å². The summed E-state index contributed by atoms with van der Waals surface area (Å²) in [6, 6.07) is 15.2. The second kappa shape index (κ2) is 10.7. The van der Waals surface area contributed by atoms with Gasteiger partial charge in [0.05, 0.1) is 23.9 Å². The average Bonchev–Trinajstić information content (AvgIpc) is 2.81. The Balaban J connectivity index is 1.98. The van der Waals surface area contributed by atoms with E-state index >= 15 is 0 Å². The summed E-state index contributed by atoms with van der Waals surface area (Å²) in [6.07, 6.45) is 1.81. The Morgan fingerprint density at radius 1 is 1.12 bits per heavy atom. The van der Waals surface area contributed by atoms with Crippen LogP contribution >= 0.6 is 0 Å². The average molecular weight is 437 g/mol. The highest BCUT2D eigenvalue weighted by Gasteiger charge is 2.38. The van der Waals surface area contributed by atoms with Crippen LogP contribution in [0.3, 0.4) is 0 Å². The number of nitrogens with one attached hydrogen (secondary N) is 1. The van der Waals surface area contributed by atoms with Gasteiger partial charge in [0.15, 0.2) is 0 Å². The fourth-order valence-electron chi connectivity index (χ4n) is 3.68. The fraction of sp³-hybridized carbons (Fsp3) is 0.320. The van der Waals surface area contributed by atoms with E-state index in [1.807, 2.05) is 49.4 Å². The van der Waals surface area contributed by atoms with Gasteiger partial charge in [-0.05, 0) is 31.4 Å². The van der Waals surface area contributed by atoms with E-state index in [1.54, 1.807) is 26.0 Å². The number of carbonyl (C=O) groups is 3. The van der Waals surface area contributed by atoms with Crippen LogP contribution in [0.15, 0.2) is 65.9 Å². The summed E-state index contributed by atoms with van der Waals surface area (Å²) in [5.74, 6) is -0.505. The molecule has 0 bridgehead atoms. The predicted molar refractivity (Wildman–Crippen MR) is 119 cm³/mol. The zero-order valence-corrected chi connectivity index (χ0v) is 18.5. The monoisotopic (exact) mass is 436 g/mol. The third kappa shape index (κ3) is 5.06. The molecule has 2 atom stereocenters. The number of hydrogen-bond donors (Lipinski definition) is 1. The van der Waals surface area contributed by atoms with Crippen molar-refractivity contribution in [1.29, 1.82) is 0 Å². The fourth-order valence-corrected chi connectivity index (χ4v) is 3.68. The molecule has 2 aromatic rings. The number of aldehydes is 1. The largest absolute Gasteiger partial charge is 0.463 e. The van der Waals surface area contributed by atoms with Crippen LogP contribution in [0.1, 0.15) is 67.2 Å². The number of esters is 1. The standard InChI is InChI=1S/C25H28N2O5/c1-4-9-21(19-14-12-18(16-28)13-15-19)32-27-17(3)22(24(29)31-5-2)23(26-25(27)30)20-10-7-6-8-11-20/h6-8,10-16,21,23H,4-5,9H2,1-3H3,(H,26,30). The number of carbonyl (C=O) groups excluding carboxylic acids is 3. The first-order chi connectivity index (χ1) is 15.5. The number of nitrogens with zero attached hydrogens (tertiary/aromatic N) is 1. The van der Waals surface area contributed by atoms with Crippen LogP contribution in [0.2, 0.25) is 0 Å². The minimum Gasteiger partial charge on any atom is -0.463 e. The van der Waals surface area contributed by atoms with E-state index in [4.69, 9.17) is 9.57 Å². The Hall–Kier alpha value is -3.45. The molecule has 2 amide bonds. The van der Waals surface area contributed by atoms with E-state index in [0.29, 0.717) is 23.3 Å². The smallest absolute Gasteiger partial charge is 0.346 e. The molecule has 2 unspecified atom stereocenters. The van der Waals surface area contributed by atoms with Gasteiger partial charge in [0.1, 0.15) is 12.4 Å². The van der Waals surface area contributed by atoms with Crippen molar-refractivity contribution in [3.8, 4) is 0 Å². The number of allylic oxidation sites excluding steroid dienone is 1. The summed E-state index contributed by atoms with van der Waals surface area (Å²) in [6.45, 7) is 5.65. The second-order valence-electron chi connectivity index (χ2n) is 7.47. The summed E-state index contributed by atoms with van der Waals surface area (Å²) >= 11 is 0. The van der Waals surface area contributed by atoms with Crippen LogP contribution in [0, 0.1) is 0 Å². The molecule has 1 N–H and O–H groups in total. The summed E-state index contributed by atoms with van der Waals surface area (Å²) in [7, 11) is 0. The molecular formula is C25H28N2O5. The molecule has 0 radical (unpaired) electrons. The molecule has 168 valence electrons. The third-order valence-corrected chi connectivity index (χ3v) is 5.29. The highest BCUT2D eigenvalue weighted by Crippen LogP contribution is 2.34. The number of urea groups is 1. The van der Waals surface area contributed by atoms with E-state index in [-0.39, 0.29) is 6.61 Å². The molecule has 7 nitrogen and oxygen atoms in total. The van der Waals surface area contributed by atoms with Crippen molar-refractivity contribution in [1.82, 2.24) is 10.4 Å². The van der Waals surface area contributed by atoms with E-state index < -0.39 is 24.1 Å². The summed E-state index contributed by atoms with van der Waals surface area (Å²) < 4.78 is 5.29. The lowest BCUT2D eigenvalue weighted by Gasteiger charge is -2.36. The van der Waals surface area contributed by atoms with E-state index in [2.05, 4.69) is 5.32 Å². The molecule has 2 aromatic carbocycles. The maximum absolute atomic E-state index is 13.0. The SMILES string of the molecule is CCCC(ON1C(=O)NC(c2ccccc2)C(C(=O)OCC)=C1C)c1ccc(C=O)cc1. The Morgan fingerprint density at radius 3 is 2.41 bits per heavy atom. The maximum Gasteiger partial charge on any atom is 0.346 e. The van der Waals surface area contributed by atoms with Crippen molar-refractivity contribution in [2.45, 2.75) is 45.8 Å². The lowest BCUT2D eigenvalue weighted by atomic mass is 9.95. The molecule has 0 fully saturated rings. The normalized spacial score (nSPS) is 17.0. The van der Waals surface area contributed by atoms with Crippen molar-refractivity contribution in [3.05, 3.63) is 82.6 Å². The topological polar surface area (TPSA) is 84.9 Å². The first kappa shape index (κ1) is 23.2. The van der Waals surface area contributed by atoms with Crippen LogP contribution in [0.25, 0.3) is 0 Å². The lowest BCUT2D eigenvalue weighted by molar-refractivity contribution is -0.151. The minimum absolute atomic E-state index is 0.216. The van der Waals surface area contributed by atoms with Gasteiger partial charge in [-0.1, -0.05) is 67.9 Å². The molecule has 0 aromatic heterocycles. The van der Waals surface area contributed by atoms with Gasteiger partial charge in [0.25, 0.3) is 0 Å². The zero-order valence-electron chi connectivity index (χ0n) is 18.5. The molecule has 1 aliphatic rings. The molecule has 3 rings (SSSR count). The van der Waals surface area contributed by atoms with E-state index in [1.165, 1.54) is 0 Å². The molecule has 32 heavy (non-hydrogen) atoms. The van der Waals surface area contributed by atoms with Crippen LogP contribution in [-0.2, 0) is 14.4 Å². The quantitative estimate of drug-likeness (QED) is 0.448. The summed E-state index contributed by atoms with van der Waals surface area (Å²) in [5, 5.41) is 4.02. The maximum atomic E-state index is 13.0. The van der Waals surface area contributed by atoms with Crippen LogP contribution in [-0.4, -0.2) is 30.0 Å². The number of rotatable bonds is 9. The third-order valence-electron chi connectivity index (χ3n) is 5.29. The van der Waals surface area contributed by atoms with E-state index in [9.17, 15) is 14.4 Å². The van der Waals surface area contributed by atoms with Crippen molar-refractivity contribution < 1.29 is 24.0 Å². The Bertz CT molecular complexity index is 985. The Labute approximate surface area is 188 Å². The molecule has 0 saturated heterocycles. The molecule has 0 aliphatic carbocycles. The van der Waals surface area contributed by atoms with Gasteiger partial charge >= 0.3 is 12.0 Å². The van der Waals surface area contributed by atoms with Gasteiger partial charge in [0.2, 0.25) is 0 Å². The highest BCUT2D eigenvalue weighted by atomic mass is 16.7. The van der Waals surface area contributed by atoms with Gasteiger partial charge in [-0.25, -0.2) is 9.59 Å². The molecule has 1 aliphatic heterocycles. The van der Waals surface area contributed by atoms with Gasteiger partial charge < -0.3 is 10.1 Å². The number of benzene rings is 2. The second-order valence-corrected chi connectivity index (χ2v) is 7.47. The van der Waals surface area contributed by atoms with Crippen LogP contribution < -0.4 is 5.32 Å². The van der Waals surface area contributed by atoms with Gasteiger partial charge in [-0.15, -0.1) is 0 Å². The molecule has 7 heteroatoms. The molecule has 0 saturated carbocycles. The first-order valence-corrected chi connectivity index (χ1v) is 10.8. The zero-order chi connectivity index (χ0) is 23.1. The highest BCUT2D eigenvalue weighted by molar-refractivity contribution is 5.94. The van der Waals surface area contributed by atoms with Gasteiger partial charge in [-0.3, -0.25) is 9.63 Å². The predicted octanol–water partition coefficient (Wildman–Crippen LogP) is 4.88. The summed E-state index contributed by atoms with van der Waals surface area (Å²) in [5.41, 5.74) is 2.88. The number of amides is 2. The van der Waals surface area contributed by atoms with Crippen molar-refractivity contribution >= 4 is 18.3 Å². The summed E-state index contributed by atoms with van der Waals surface area (Å²) in [4.78, 5) is 43.0.